The molecule has 1 aromatic rings. The van der Waals surface area contributed by atoms with Crippen molar-refractivity contribution in [2.75, 3.05) is 13.7 Å². The molecule has 0 amide bonds. The molecule has 112 valence electrons. The maximum absolute atomic E-state index is 5.91. The standard InChI is InChI=1S/C17H27NO2/c1-5-17(3)12-15(9-10-20-17)18-13(2)14-7-6-8-16(11-14)19-4/h6-8,11,13,15,18H,5,9-10,12H2,1-4H3/t13-,15?,17?/m1/s1. The van der Waals surface area contributed by atoms with Crippen LogP contribution in [0.2, 0.25) is 0 Å². The molecule has 3 nitrogen and oxygen atoms in total. The van der Waals surface area contributed by atoms with Gasteiger partial charge in [-0.05, 0) is 50.8 Å². The summed E-state index contributed by atoms with van der Waals surface area (Å²) in [6.07, 6.45) is 3.24. The van der Waals surface area contributed by atoms with Gasteiger partial charge >= 0.3 is 0 Å². The van der Waals surface area contributed by atoms with Crippen LogP contribution in [0.25, 0.3) is 0 Å². The first-order valence-electron chi connectivity index (χ1n) is 7.60. The molecule has 0 aliphatic carbocycles. The number of methoxy groups -OCH3 is 1. The molecule has 3 atom stereocenters. The predicted molar refractivity (Wildman–Crippen MR) is 82.2 cm³/mol. The minimum atomic E-state index is 0.0318. The molecule has 0 bridgehead atoms. The highest BCUT2D eigenvalue weighted by Crippen LogP contribution is 2.29. The third-order valence-electron chi connectivity index (χ3n) is 4.42. The summed E-state index contributed by atoms with van der Waals surface area (Å²) in [5, 5.41) is 3.74. The van der Waals surface area contributed by atoms with Gasteiger partial charge in [0.15, 0.2) is 0 Å². The van der Waals surface area contributed by atoms with E-state index in [0.717, 1.165) is 31.6 Å². The van der Waals surface area contributed by atoms with E-state index in [1.807, 2.05) is 12.1 Å². The molecule has 1 saturated heterocycles. The summed E-state index contributed by atoms with van der Waals surface area (Å²) in [7, 11) is 1.71. The number of hydrogen-bond donors (Lipinski definition) is 1. The van der Waals surface area contributed by atoms with Gasteiger partial charge in [-0.15, -0.1) is 0 Å². The zero-order valence-corrected chi connectivity index (χ0v) is 13.1. The largest absolute Gasteiger partial charge is 0.497 e. The highest BCUT2D eigenvalue weighted by Gasteiger charge is 2.32. The number of benzene rings is 1. The van der Waals surface area contributed by atoms with E-state index in [9.17, 15) is 0 Å². The van der Waals surface area contributed by atoms with Crippen molar-refractivity contribution in [2.45, 2.75) is 57.7 Å². The summed E-state index contributed by atoms with van der Waals surface area (Å²) in [5.41, 5.74) is 1.30. The Balaban J connectivity index is 1.98. The van der Waals surface area contributed by atoms with E-state index < -0.39 is 0 Å². The minimum absolute atomic E-state index is 0.0318. The van der Waals surface area contributed by atoms with E-state index in [2.05, 4.69) is 38.2 Å². The van der Waals surface area contributed by atoms with Gasteiger partial charge in [-0.2, -0.15) is 0 Å². The van der Waals surface area contributed by atoms with Crippen LogP contribution >= 0.6 is 0 Å². The Morgan fingerprint density at radius 3 is 3.00 bits per heavy atom. The third-order valence-corrected chi connectivity index (χ3v) is 4.42. The lowest BCUT2D eigenvalue weighted by Gasteiger charge is -2.39. The summed E-state index contributed by atoms with van der Waals surface area (Å²) in [5.74, 6) is 0.918. The van der Waals surface area contributed by atoms with Crippen molar-refractivity contribution in [2.24, 2.45) is 0 Å². The molecule has 0 radical (unpaired) electrons. The van der Waals surface area contributed by atoms with Crippen LogP contribution in [0.5, 0.6) is 5.75 Å². The maximum atomic E-state index is 5.91. The van der Waals surface area contributed by atoms with Crippen molar-refractivity contribution < 1.29 is 9.47 Å². The fourth-order valence-corrected chi connectivity index (χ4v) is 2.88. The van der Waals surface area contributed by atoms with E-state index in [4.69, 9.17) is 9.47 Å². The van der Waals surface area contributed by atoms with Crippen LogP contribution in [0.1, 0.15) is 51.6 Å². The van der Waals surface area contributed by atoms with Gasteiger partial charge in [0.05, 0.1) is 12.7 Å². The predicted octanol–water partition coefficient (Wildman–Crippen LogP) is 3.69. The van der Waals surface area contributed by atoms with Crippen molar-refractivity contribution in [3.63, 3.8) is 0 Å². The smallest absolute Gasteiger partial charge is 0.119 e. The van der Waals surface area contributed by atoms with E-state index in [-0.39, 0.29) is 5.60 Å². The summed E-state index contributed by atoms with van der Waals surface area (Å²) < 4.78 is 11.2. The molecular formula is C17H27NO2. The molecule has 1 heterocycles. The van der Waals surface area contributed by atoms with Gasteiger partial charge in [0.1, 0.15) is 5.75 Å². The SMILES string of the molecule is CCC1(C)CC(N[C@H](C)c2cccc(OC)c2)CCO1. The van der Waals surface area contributed by atoms with Crippen LogP contribution in [-0.4, -0.2) is 25.4 Å². The maximum Gasteiger partial charge on any atom is 0.119 e. The minimum Gasteiger partial charge on any atom is -0.497 e. The van der Waals surface area contributed by atoms with Gasteiger partial charge in [-0.1, -0.05) is 19.1 Å². The highest BCUT2D eigenvalue weighted by molar-refractivity contribution is 5.30. The normalized spacial score (nSPS) is 28.1. The van der Waals surface area contributed by atoms with Gasteiger partial charge in [0, 0.05) is 18.7 Å². The van der Waals surface area contributed by atoms with Crippen molar-refractivity contribution in [3.05, 3.63) is 29.8 Å². The van der Waals surface area contributed by atoms with Crippen LogP contribution < -0.4 is 10.1 Å². The van der Waals surface area contributed by atoms with E-state index >= 15 is 0 Å². The van der Waals surface area contributed by atoms with Crippen LogP contribution in [0.15, 0.2) is 24.3 Å². The first-order chi connectivity index (χ1) is 9.56. The number of rotatable bonds is 5. The second-order valence-electron chi connectivity index (χ2n) is 6.01. The summed E-state index contributed by atoms with van der Waals surface area (Å²) in [6.45, 7) is 7.49. The van der Waals surface area contributed by atoms with Crippen molar-refractivity contribution in [3.8, 4) is 5.75 Å². The Morgan fingerprint density at radius 1 is 1.50 bits per heavy atom. The van der Waals surface area contributed by atoms with Gasteiger partial charge in [-0.25, -0.2) is 0 Å². The van der Waals surface area contributed by atoms with E-state index in [0.29, 0.717) is 12.1 Å². The van der Waals surface area contributed by atoms with Crippen LogP contribution in [-0.2, 0) is 4.74 Å². The lowest BCUT2D eigenvalue weighted by Crippen LogP contribution is -2.45. The number of nitrogens with one attached hydrogen (secondary N) is 1. The van der Waals surface area contributed by atoms with Crippen molar-refractivity contribution >= 4 is 0 Å². The second-order valence-corrected chi connectivity index (χ2v) is 6.01. The molecule has 0 saturated carbocycles. The van der Waals surface area contributed by atoms with Crippen molar-refractivity contribution in [1.82, 2.24) is 5.32 Å². The molecule has 3 heteroatoms. The van der Waals surface area contributed by atoms with Crippen LogP contribution in [0, 0.1) is 0 Å². The molecule has 1 aliphatic heterocycles. The molecule has 1 fully saturated rings. The topological polar surface area (TPSA) is 30.5 Å². The molecule has 1 aromatic carbocycles. The van der Waals surface area contributed by atoms with Gasteiger partial charge in [0.25, 0.3) is 0 Å². The van der Waals surface area contributed by atoms with Gasteiger partial charge in [0.2, 0.25) is 0 Å². The molecular weight excluding hydrogens is 250 g/mol. The van der Waals surface area contributed by atoms with Crippen LogP contribution in [0.3, 0.4) is 0 Å². The molecule has 0 spiro atoms. The molecule has 20 heavy (non-hydrogen) atoms. The second kappa shape index (κ2) is 6.59. The summed E-state index contributed by atoms with van der Waals surface area (Å²) >= 11 is 0. The lowest BCUT2D eigenvalue weighted by atomic mass is 9.89. The zero-order valence-electron chi connectivity index (χ0n) is 13.1. The number of ether oxygens (including phenoxy) is 2. The molecule has 0 aromatic heterocycles. The first kappa shape index (κ1) is 15.3. The Bertz CT molecular complexity index is 435. The Hall–Kier alpha value is -1.06. The average Bonchev–Trinajstić information content (AvgIpc) is 2.47. The summed E-state index contributed by atoms with van der Waals surface area (Å²) in [4.78, 5) is 0. The number of hydrogen-bond acceptors (Lipinski definition) is 3. The fourth-order valence-electron chi connectivity index (χ4n) is 2.88. The lowest BCUT2D eigenvalue weighted by molar-refractivity contribution is -0.0789. The average molecular weight is 277 g/mol. The van der Waals surface area contributed by atoms with E-state index in [1.54, 1.807) is 7.11 Å². The van der Waals surface area contributed by atoms with Gasteiger partial charge < -0.3 is 14.8 Å². The molecule has 2 rings (SSSR count). The van der Waals surface area contributed by atoms with Crippen LogP contribution in [0.4, 0.5) is 0 Å². The Morgan fingerprint density at radius 2 is 2.30 bits per heavy atom. The fraction of sp³-hybridized carbons (Fsp3) is 0.647. The third kappa shape index (κ3) is 3.74. The van der Waals surface area contributed by atoms with Crippen molar-refractivity contribution in [1.29, 1.82) is 0 Å². The molecule has 1 aliphatic rings. The monoisotopic (exact) mass is 277 g/mol. The summed E-state index contributed by atoms with van der Waals surface area (Å²) in [6, 6.07) is 9.14. The zero-order chi connectivity index (χ0) is 14.6. The Labute approximate surface area is 122 Å². The van der Waals surface area contributed by atoms with Gasteiger partial charge in [-0.3, -0.25) is 0 Å². The molecule has 2 unspecified atom stereocenters. The first-order valence-corrected chi connectivity index (χ1v) is 7.60. The quantitative estimate of drug-likeness (QED) is 0.890. The highest BCUT2D eigenvalue weighted by atomic mass is 16.5. The Kier molecular flexibility index (Phi) is 5.06. The van der Waals surface area contributed by atoms with E-state index in [1.165, 1.54) is 5.56 Å². The molecule has 1 N–H and O–H groups in total.